The van der Waals surface area contributed by atoms with Crippen molar-refractivity contribution in [2.75, 3.05) is 0 Å². The van der Waals surface area contributed by atoms with Crippen molar-refractivity contribution >= 4 is 21.2 Å². The molecule has 0 spiro atoms. The van der Waals surface area contributed by atoms with E-state index in [1.165, 1.54) is 18.5 Å². The van der Waals surface area contributed by atoms with Crippen molar-refractivity contribution in [1.82, 2.24) is 9.97 Å². The van der Waals surface area contributed by atoms with Crippen LogP contribution in [-0.4, -0.2) is 28.0 Å². The summed E-state index contributed by atoms with van der Waals surface area (Å²) in [6, 6.07) is 2.63. The van der Waals surface area contributed by atoms with Crippen LogP contribution in [0.2, 0.25) is 0 Å². The Balaban J connectivity index is 2.98. The molecule has 0 aliphatic carbocycles. The lowest BCUT2D eigenvalue weighted by Gasteiger charge is -2.00. The zero-order valence-electron chi connectivity index (χ0n) is 6.80. The van der Waals surface area contributed by atoms with E-state index in [4.69, 9.17) is 4.55 Å². The van der Waals surface area contributed by atoms with Crippen LogP contribution in [0.25, 0.3) is 11.0 Å². The third kappa shape index (κ3) is 1.22. The number of nitrogens with zero attached hydrogens (tertiary/aromatic N) is 1. The third-order valence-electron chi connectivity index (χ3n) is 1.78. The van der Waals surface area contributed by atoms with Gasteiger partial charge in [0, 0.05) is 0 Å². The summed E-state index contributed by atoms with van der Waals surface area (Å²) in [6.45, 7) is 0. The highest BCUT2D eigenvalue weighted by Crippen LogP contribution is 2.28. The summed E-state index contributed by atoms with van der Waals surface area (Å²) in [5, 5.41) is 9.27. The van der Waals surface area contributed by atoms with Crippen molar-refractivity contribution in [2.45, 2.75) is 4.90 Å². The van der Waals surface area contributed by atoms with Crippen LogP contribution in [0.15, 0.2) is 23.4 Å². The number of phenols is 1. The number of hydrogen-bond acceptors (Lipinski definition) is 4. The smallest absolute Gasteiger partial charge is 0.300 e. The van der Waals surface area contributed by atoms with Crippen LogP contribution in [0, 0.1) is 0 Å². The first-order chi connectivity index (χ1) is 6.50. The number of fused-ring (bicyclic) bond motifs is 1. The Morgan fingerprint density at radius 2 is 2.07 bits per heavy atom. The fourth-order valence-electron chi connectivity index (χ4n) is 1.23. The van der Waals surface area contributed by atoms with E-state index in [-0.39, 0.29) is 5.52 Å². The van der Waals surface area contributed by atoms with Gasteiger partial charge in [-0.2, -0.15) is 8.42 Å². The van der Waals surface area contributed by atoms with E-state index >= 15 is 0 Å². The van der Waals surface area contributed by atoms with Crippen molar-refractivity contribution < 1.29 is 18.1 Å². The number of H-pyrrole nitrogens is 1. The molecule has 0 amide bonds. The molecule has 1 heterocycles. The van der Waals surface area contributed by atoms with Crippen LogP contribution < -0.4 is 0 Å². The Morgan fingerprint density at radius 3 is 2.71 bits per heavy atom. The fourth-order valence-corrected chi connectivity index (χ4v) is 1.97. The highest BCUT2D eigenvalue weighted by atomic mass is 32.2. The van der Waals surface area contributed by atoms with Crippen LogP contribution >= 0.6 is 0 Å². The predicted molar refractivity (Wildman–Crippen MR) is 47.6 cm³/mol. The molecule has 2 aromatic rings. The van der Waals surface area contributed by atoms with E-state index in [1.807, 2.05) is 0 Å². The van der Waals surface area contributed by atoms with Crippen molar-refractivity contribution in [2.24, 2.45) is 0 Å². The van der Waals surface area contributed by atoms with Gasteiger partial charge < -0.3 is 10.1 Å². The van der Waals surface area contributed by atoms with Crippen molar-refractivity contribution in [1.29, 1.82) is 0 Å². The van der Waals surface area contributed by atoms with E-state index in [1.54, 1.807) is 0 Å². The zero-order valence-corrected chi connectivity index (χ0v) is 7.61. The summed E-state index contributed by atoms with van der Waals surface area (Å²) in [5.41, 5.74) is 0.447. The van der Waals surface area contributed by atoms with E-state index in [2.05, 4.69) is 9.97 Å². The summed E-state index contributed by atoms with van der Waals surface area (Å²) in [7, 11) is -4.46. The normalized spacial score (nSPS) is 12.1. The first kappa shape index (κ1) is 8.97. The van der Waals surface area contributed by atoms with Gasteiger partial charge in [0.05, 0.1) is 11.8 Å². The van der Waals surface area contributed by atoms with Gasteiger partial charge in [0.25, 0.3) is 10.1 Å². The lowest BCUT2D eigenvalue weighted by atomic mass is 10.3. The second-order valence-corrected chi connectivity index (χ2v) is 4.05. The van der Waals surface area contributed by atoms with Gasteiger partial charge in [0.2, 0.25) is 0 Å². The van der Waals surface area contributed by atoms with Gasteiger partial charge in [-0.3, -0.25) is 4.55 Å². The molecule has 0 saturated heterocycles. The van der Waals surface area contributed by atoms with Crippen LogP contribution in [0.5, 0.6) is 5.75 Å². The predicted octanol–water partition coefficient (Wildman–Crippen LogP) is 0.515. The van der Waals surface area contributed by atoms with Gasteiger partial charge in [-0.25, -0.2) is 4.98 Å². The molecule has 0 aliphatic heterocycles. The molecular weight excluding hydrogens is 208 g/mol. The lowest BCUT2D eigenvalue weighted by Crippen LogP contribution is -1.99. The molecular formula is C7H6N2O4S. The molecule has 74 valence electrons. The summed E-state index contributed by atoms with van der Waals surface area (Å²) in [5.74, 6) is -0.521. The van der Waals surface area contributed by atoms with Crippen LogP contribution in [0.1, 0.15) is 0 Å². The summed E-state index contributed by atoms with van der Waals surface area (Å²) in [6.07, 6.45) is 1.28. The highest BCUT2D eigenvalue weighted by Gasteiger charge is 2.20. The average molecular weight is 214 g/mol. The minimum absolute atomic E-state index is 0.0208. The summed E-state index contributed by atoms with van der Waals surface area (Å²) < 4.78 is 30.7. The maximum absolute atomic E-state index is 10.9. The largest absolute Gasteiger partial charge is 0.506 e. The Hall–Kier alpha value is -1.60. The van der Waals surface area contributed by atoms with Crippen molar-refractivity contribution in [3.63, 3.8) is 0 Å². The second kappa shape index (κ2) is 2.69. The maximum Gasteiger partial charge on any atom is 0.300 e. The molecule has 0 saturated carbocycles. The molecule has 7 heteroatoms. The van der Waals surface area contributed by atoms with Crippen LogP contribution in [0.4, 0.5) is 0 Å². The number of imidazole rings is 1. The second-order valence-electron chi connectivity index (χ2n) is 2.69. The highest BCUT2D eigenvalue weighted by molar-refractivity contribution is 7.86. The number of nitrogens with one attached hydrogen (secondary N) is 1. The Labute approximate surface area is 79.0 Å². The van der Waals surface area contributed by atoms with Gasteiger partial charge in [0.1, 0.15) is 11.3 Å². The van der Waals surface area contributed by atoms with E-state index < -0.39 is 20.8 Å². The molecule has 0 bridgehead atoms. The molecule has 1 aromatic carbocycles. The molecule has 0 radical (unpaired) electrons. The zero-order chi connectivity index (χ0) is 10.3. The quantitative estimate of drug-likeness (QED) is 0.600. The molecule has 14 heavy (non-hydrogen) atoms. The summed E-state index contributed by atoms with van der Waals surface area (Å²) >= 11 is 0. The van der Waals surface area contributed by atoms with E-state index in [0.29, 0.717) is 5.52 Å². The number of rotatable bonds is 1. The number of phenolic OH excluding ortho intramolecular Hbond substituents is 1. The first-order valence-electron chi connectivity index (χ1n) is 3.62. The molecule has 0 fully saturated rings. The topological polar surface area (TPSA) is 103 Å². The summed E-state index contributed by atoms with van der Waals surface area (Å²) in [4.78, 5) is 5.78. The molecule has 6 nitrogen and oxygen atoms in total. The minimum atomic E-state index is -4.46. The van der Waals surface area contributed by atoms with E-state index in [9.17, 15) is 13.5 Å². The molecule has 0 unspecified atom stereocenters. The Kier molecular flexibility index (Phi) is 1.73. The maximum atomic E-state index is 10.9. The van der Waals surface area contributed by atoms with Crippen molar-refractivity contribution in [3.05, 3.63) is 18.5 Å². The van der Waals surface area contributed by atoms with Gasteiger partial charge >= 0.3 is 0 Å². The molecule has 0 atom stereocenters. The number of hydrogen-bond donors (Lipinski definition) is 3. The van der Waals surface area contributed by atoms with Crippen LogP contribution in [-0.2, 0) is 10.1 Å². The molecule has 3 N–H and O–H groups in total. The van der Waals surface area contributed by atoms with Gasteiger partial charge in [-0.1, -0.05) is 0 Å². The number of aromatic hydroxyl groups is 1. The molecule has 2 rings (SSSR count). The SMILES string of the molecule is O=S(=O)(O)c1c(O)ccc2[nH]cnc12. The minimum Gasteiger partial charge on any atom is -0.506 e. The standard InChI is InChI=1S/C7H6N2O4S/c10-5-2-1-4-6(9-3-8-4)7(5)14(11,12)13/h1-3,10H,(H,8,9)(H,11,12,13). The van der Waals surface area contributed by atoms with Gasteiger partial charge in [-0.05, 0) is 12.1 Å². The Morgan fingerprint density at radius 1 is 1.36 bits per heavy atom. The third-order valence-corrected chi connectivity index (χ3v) is 2.70. The Bertz CT molecular complexity index is 587. The van der Waals surface area contributed by atoms with Gasteiger partial charge in [-0.15, -0.1) is 0 Å². The first-order valence-corrected chi connectivity index (χ1v) is 5.06. The molecule has 0 aliphatic rings. The average Bonchev–Trinajstić information content (AvgIpc) is 2.48. The number of aromatic nitrogens is 2. The fraction of sp³-hybridized carbons (Fsp3) is 0. The number of benzene rings is 1. The monoisotopic (exact) mass is 214 g/mol. The molecule has 1 aromatic heterocycles. The van der Waals surface area contributed by atoms with E-state index in [0.717, 1.165) is 0 Å². The van der Waals surface area contributed by atoms with Crippen molar-refractivity contribution in [3.8, 4) is 5.75 Å². The van der Waals surface area contributed by atoms with Crippen LogP contribution in [0.3, 0.4) is 0 Å². The van der Waals surface area contributed by atoms with Gasteiger partial charge in [0.15, 0.2) is 4.90 Å². The lowest BCUT2D eigenvalue weighted by molar-refractivity contribution is 0.445. The number of aromatic amines is 1.